The molecule has 3 aliphatic rings. The lowest BCUT2D eigenvalue weighted by molar-refractivity contribution is -0.0123. The maximum Gasteiger partial charge on any atom is 0.319 e. The summed E-state index contributed by atoms with van der Waals surface area (Å²) in [4.78, 5) is 18.5. The molecule has 49 heavy (non-hydrogen) atoms. The molecule has 2 aromatic heterocycles. The molecule has 10 nitrogen and oxygen atoms in total. The van der Waals surface area contributed by atoms with Crippen molar-refractivity contribution < 1.29 is 32.8 Å². The van der Waals surface area contributed by atoms with Crippen LogP contribution in [0.15, 0.2) is 30.5 Å². The number of benzene rings is 2. The number of aliphatic hydroxyl groups is 1. The predicted octanol–water partition coefficient (Wildman–Crippen LogP) is 5.90. The Kier molecular flexibility index (Phi) is 9.33. The summed E-state index contributed by atoms with van der Waals surface area (Å²) in [5.74, 6) is -0.222. The maximum atomic E-state index is 17.2. The summed E-state index contributed by atoms with van der Waals surface area (Å²) in [6, 6.07) is 7.01. The van der Waals surface area contributed by atoms with E-state index in [1.54, 1.807) is 31.3 Å². The highest BCUT2D eigenvalue weighted by molar-refractivity contribution is 6.01. The van der Waals surface area contributed by atoms with E-state index in [1.165, 1.54) is 13.2 Å². The number of likely N-dealkylation sites (tertiary alicyclic amines) is 1. The number of hydrogen-bond donors (Lipinski definition) is 1. The zero-order valence-corrected chi connectivity index (χ0v) is 28.7. The number of β-amino-alcohol motifs (C(OH)–C–C–N with tert-alkyl or cyclic N) is 1. The third-order valence-electron chi connectivity index (χ3n) is 10.6. The van der Waals surface area contributed by atoms with Crippen molar-refractivity contribution >= 4 is 27.5 Å². The van der Waals surface area contributed by atoms with Gasteiger partial charge in [-0.3, -0.25) is 4.98 Å². The zero-order valence-electron chi connectivity index (χ0n) is 28.7. The molecule has 2 aromatic carbocycles. The molecule has 1 N–H and O–H groups in total. The molecular weight excluding hydrogens is 632 g/mol. The molecule has 3 fully saturated rings. The summed E-state index contributed by atoms with van der Waals surface area (Å²) in [5.41, 5.74) is -0.311. The van der Waals surface area contributed by atoms with Crippen molar-refractivity contribution in [2.24, 2.45) is 5.41 Å². The van der Waals surface area contributed by atoms with Crippen molar-refractivity contribution in [3.8, 4) is 23.0 Å². The van der Waals surface area contributed by atoms with Gasteiger partial charge >= 0.3 is 6.01 Å². The number of aromatic nitrogens is 3. The van der Waals surface area contributed by atoms with Gasteiger partial charge in [-0.15, -0.1) is 0 Å². The largest absolute Gasteiger partial charge is 0.468 e. The highest BCUT2D eigenvalue weighted by Gasteiger charge is 2.47. The van der Waals surface area contributed by atoms with Crippen molar-refractivity contribution in [2.45, 2.75) is 64.0 Å². The molecule has 12 heteroatoms. The minimum atomic E-state index is -1.16. The normalized spacial score (nSPS) is 24.7. The van der Waals surface area contributed by atoms with E-state index in [-0.39, 0.29) is 48.4 Å². The van der Waals surface area contributed by atoms with Crippen LogP contribution in [-0.4, -0.2) is 97.0 Å². The second-order valence-electron chi connectivity index (χ2n) is 14.1. The van der Waals surface area contributed by atoms with Gasteiger partial charge in [-0.2, -0.15) is 9.97 Å². The number of methoxy groups -OCH3 is 1. The van der Waals surface area contributed by atoms with Crippen LogP contribution in [-0.2, 0) is 15.9 Å². The summed E-state index contributed by atoms with van der Waals surface area (Å²) >= 11 is 0. The number of anilines is 1. The highest BCUT2D eigenvalue weighted by Crippen LogP contribution is 2.47. The number of nitrogens with zero attached hydrogens (tertiary/aromatic N) is 5. The molecule has 4 heterocycles. The molecule has 0 spiro atoms. The van der Waals surface area contributed by atoms with Gasteiger partial charge in [0.15, 0.2) is 12.6 Å². The first-order chi connectivity index (χ1) is 23.6. The van der Waals surface area contributed by atoms with Gasteiger partial charge < -0.3 is 33.9 Å². The molecule has 3 unspecified atom stereocenters. The van der Waals surface area contributed by atoms with Crippen LogP contribution in [0.2, 0.25) is 0 Å². The number of halogens is 2. The Bertz CT molecular complexity index is 1860. The molecule has 0 bridgehead atoms. The molecule has 0 radical (unpaired) electrons. The summed E-state index contributed by atoms with van der Waals surface area (Å²) < 4.78 is 55.4. The molecule has 1 aliphatic carbocycles. The first kappa shape index (κ1) is 33.8. The Morgan fingerprint density at radius 1 is 1.10 bits per heavy atom. The average molecular weight is 678 g/mol. The Labute approximate surface area is 285 Å². The topological polar surface area (TPSA) is 102 Å². The summed E-state index contributed by atoms with van der Waals surface area (Å²) in [6.07, 6.45) is 7.41. The summed E-state index contributed by atoms with van der Waals surface area (Å²) in [5, 5.41) is 12.7. The predicted molar refractivity (Wildman–Crippen MR) is 183 cm³/mol. The lowest BCUT2D eigenvalue weighted by atomic mass is 9.76. The molecule has 2 saturated heterocycles. The second-order valence-corrected chi connectivity index (χ2v) is 14.1. The molecular formula is C37H45F2N5O5. The van der Waals surface area contributed by atoms with Crippen LogP contribution >= 0.6 is 0 Å². The van der Waals surface area contributed by atoms with Gasteiger partial charge in [0.25, 0.3) is 0 Å². The van der Waals surface area contributed by atoms with E-state index in [4.69, 9.17) is 28.9 Å². The molecule has 262 valence electrons. The van der Waals surface area contributed by atoms with Gasteiger partial charge in [-0.05, 0) is 87.2 Å². The number of piperidine rings is 1. The van der Waals surface area contributed by atoms with Gasteiger partial charge in [0.05, 0.1) is 31.8 Å². The van der Waals surface area contributed by atoms with E-state index in [1.807, 2.05) is 11.8 Å². The Morgan fingerprint density at radius 2 is 1.94 bits per heavy atom. The molecule has 1 saturated carbocycles. The highest BCUT2D eigenvalue weighted by atomic mass is 19.1. The van der Waals surface area contributed by atoms with Crippen LogP contribution in [0.25, 0.3) is 32.9 Å². The van der Waals surface area contributed by atoms with Crippen molar-refractivity contribution in [1.29, 1.82) is 0 Å². The van der Waals surface area contributed by atoms with Crippen LogP contribution in [0.5, 0.6) is 11.8 Å². The fourth-order valence-corrected chi connectivity index (χ4v) is 8.31. The minimum Gasteiger partial charge on any atom is -0.468 e. The second kappa shape index (κ2) is 13.5. The summed E-state index contributed by atoms with van der Waals surface area (Å²) in [7, 11) is 3.70. The Hall–Kier alpha value is -3.71. The van der Waals surface area contributed by atoms with E-state index < -0.39 is 11.4 Å². The van der Waals surface area contributed by atoms with E-state index >= 15 is 8.78 Å². The first-order valence-electron chi connectivity index (χ1n) is 17.2. The first-order valence-corrected chi connectivity index (χ1v) is 17.2. The van der Waals surface area contributed by atoms with Crippen LogP contribution in [0.1, 0.15) is 51.5 Å². The van der Waals surface area contributed by atoms with Gasteiger partial charge in [-0.1, -0.05) is 19.4 Å². The Balaban J connectivity index is 1.39. The molecule has 7 rings (SSSR count). The van der Waals surface area contributed by atoms with Crippen molar-refractivity contribution in [3.63, 3.8) is 0 Å². The number of hydrogen-bond acceptors (Lipinski definition) is 10. The van der Waals surface area contributed by atoms with Gasteiger partial charge in [0, 0.05) is 36.9 Å². The number of ether oxygens (including phenoxy) is 4. The zero-order chi connectivity index (χ0) is 34.3. The van der Waals surface area contributed by atoms with Crippen LogP contribution in [0.3, 0.4) is 0 Å². The molecule has 4 aromatic rings. The molecule has 2 aliphatic heterocycles. The van der Waals surface area contributed by atoms with Crippen LogP contribution < -0.4 is 14.4 Å². The third kappa shape index (κ3) is 6.40. The SMILES string of the molecule is CCc1c(F)ccc2cc(OCOC)cc(-c3ncc4c(N5CCOCC(C)(O)C5)nc(OCC56CCCC5N(C)CCC6)nc4c3F)c12. The third-order valence-corrected chi connectivity index (χ3v) is 10.6. The molecule has 0 amide bonds. The van der Waals surface area contributed by atoms with Gasteiger partial charge in [-0.25, -0.2) is 8.78 Å². The number of pyridine rings is 1. The summed E-state index contributed by atoms with van der Waals surface area (Å²) in [6.45, 7) is 6.19. The van der Waals surface area contributed by atoms with Gasteiger partial charge in [0.2, 0.25) is 0 Å². The average Bonchev–Trinajstić information content (AvgIpc) is 3.44. The molecule has 3 atom stereocenters. The fraction of sp³-hybridized carbons (Fsp3) is 0.541. The fourth-order valence-electron chi connectivity index (χ4n) is 8.31. The standard InChI is InChI=1S/C37H45F2N5O5/c1-5-25-28(38)10-9-23-16-24(49-22-46-4)17-26(30(23)25)32-31(39)33-27(18-40-32)34(44-14-15-47-20-36(2,45)19-44)42-35(41-33)48-21-37-11-6-8-29(37)43(3)13-7-12-37/h9-10,16-18,29,45H,5-8,11-15,19-22H2,1-4H3. The van der Waals surface area contributed by atoms with Crippen LogP contribution in [0.4, 0.5) is 14.6 Å². The Morgan fingerprint density at radius 3 is 2.76 bits per heavy atom. The smallest absolute Gasteiger partial charge is 0.319 e. The van der Waals surface area contributed by atoms with E-state index in [9.17, 15) is 5.11 Å². The number of fused-ring (bicyclic) bond motifs is 3. The quantitative estimate of drug-likeness (QED) is 0.216. The van der Waals surface area contributed by atoms with E-state index in [0.717, 1.165) is 38.6 Å². The maximum absolute atomic E-state index is 17.2. The lowest BCUT2D eigenvalue weighted by Gasteiger charge is -2.44. The lowest BCUT2D eigenvalue weighted by Crippen LogP contribution is -2.50. The van der Waals surface area contributed by atoms with Crippen molar-refractivity contribution in [1.82, 2.24) is 19.9 Å². The van der Waals surface area contributed by atoms with E-state index in [0.29, 0.717) is 71.1 Å². The van der Waals surface area contributed by atoms with Crippen LogP contribution in [0, 0.1) is 17.0 Å². The minimum absolute atomic E-state index is 0.00539. The van der Waals surface area contributed by atoms with Gasteiger partial charge in [0.1, 0.15) is 34.2 Å². The number of rotatable bonds is 9. The van der Waals surface area contributed by atoms with E-state index in [2.05, 4.69) is 16.9 Å². The van der Waals surface area contributed by atoms with Crippen molar-refractivity contribution in [2.75, 3.05) is 65.3 Å². The number of aryl methyl sites for hydroxylation is 1. The van der Waals surface area contributed by atoms with Crippen molar-refractivity contribution in [3.05, 3.63) is 47.7 Å². The monoisotopic (exact) mass is 677 g/mol.